The predicted octanol–water partition coefficient (Wildman–Crippen LogP) is 2.47. The molecule has 0 radical (unpaired) electrons. The molecule has 0 aliphatic heterocycles. The van der Waals surface area contributed by atoms with Crippen LogP contribution in [0.2, 0.25) is 5.02 Å². The molecule has 2 atom stereocenters. The summed E-state index contributed by atoms with van der Waals surface area (Å²) in [6.07, 6.45) is 0. The number of benzene rings is 1. The molecule has 1 N–H and O–H groups in total. The Bertz CT molecular complexity index is 376. The lowest BCUT2D eigenvalue weighted by Gasteiger charge is -2.22. The first kappa shape index (κ1) is 14.0. The van der Waals surface area contributed by atoms with Crippen molar-refractivity contribution in [3.8, 4) is 0 Å². The van der Waals surface area contributed by atoms with Crippen LogP contribution in [0.15, 0.2) is 24.3 Å². The van der Waals surface area contributed by atoms with E-state index in [4.69, 9.17) is 11.6 Å². The number of nitrogens with zero attached hydrogens (tertiary/aromatic N) is 1. The van der Waals surface area contributed by atoms with Gasteiger partial charge in [-0.3, -0.25) is 10.1 Å². The topological polar surface area (TPSA) is 32.3 Å². The Balaban J connectivity index is 2.63. The van der Waals surface area contributed by atoms with E-state index < -0.39 is 0 Å². The van der Waals surface area contributed by atoms with Gasteiger partial charge in [0.15, 0.2) is 0 Å². The Hall–Kier alpha value is -1.06. The second-order valence-electron chi connectivity index (χ2n) is 4.39. The zero-order valence-electron chi connectivity index (χ0n) is 10.7. The van der Waals surface area contributed by atoms with Crippen LogP contribution in [0, 0.1) is 0 Å². The molecule has 0 aliphatic carbocycles. The van der Waals surface area contributed by atoms with E-state index in [0.29, 0.717) is 0 Å². The Kier molecular flexibility index (Phi) is 4.97. The summed E-state index contributed by atoms with van der Waals surface area (Å²) < 4.78 is 0. The summed E-state index contributed by atoms with van der Waals surface area (Å²) in [5, 5.41) is 3.98. The maximum absolute atomic E-state index is 11.7. The second kappa shape index (κ2) is 6.03. The SMILES string of the molecule is CC(N[C@H](C)c1ccc(Cl)cc1)C(=O)N(C)C. The molecule has 0 heterocycles. The molecule has 3 nitrogen and oxygen atoms in total. The van der Waals surface area contributed by atoms with Gasteiger partial charge in [-0.15, -0.1) is 0 Å². The van der Waals surface area contributed by atoms with E-state index in [9.17, 15) is 4.79 Å². The first-order valence-corrected chi connectivity index (χ1v) is 6.02. The van der Waals surface area contributed by atoms with Crippen LogP contribution in [-0.4, -0.2) is 30.9 Å². The number of carbonyl (C=O) groups is 1. The number of halogens is 1. The van der Waals surface area contributed by atoms with Gasteiger partial charge in [0.05, 0.1) is 6.04 Å². The van der Waals surface area contributed by atoms with Crippen molar-refractivity contribution in [2.45, 2.75) is 25.9 Å². The molecular formula is C13H19ClN2O. The van der Waals surface area contributed by atoms with Gasteiger partial charge in [0.1, 0.15) is 0 Å². The van der Waals surface area contributed by atoms with Crippen LogP contribution < -0.4 is 5.32 Å². The van der Waals surface area contributed by atoms with Crippen LogP contribution in [0.3, 0.4) is 0 Å². The summed E-state index contributed by atoms with van der Waals surface area (Å²) in [5.74, 6) is 0.0748. The second-order valence-corrected chi connectivity index (χ2v) is 4.83. The number of nitrogens with one attached hydrogen (secondary N) is 1. The van der Waals surface area contributed by atoms with Gasteiger partial charge in [-0.05, 0) is 31.5 Å². The van der Waals surface area contributed by atoms with Crippen LogP contribution in [0.4, 0.5) is 0 Å². The summed E-state index contributed by atoms with van der Waals surface area (Å²) in [5.41, 5.74) is 1.12. The fourth-order valence-corrected chi connectivity index (χ4v) is 1.81. The van der Waals surface area contributed by atoms with Crippen molar-refractivity contribution in [2.24, 2.45) is 0 Å². The monoisotopic (exact) mass is 254 g/mol. The van der Waals surface area contributed by atoms with Crippen LogP contribution in [-0.2, 0) is 4.79 Å². The normalized spacial score (nSPS) is 14.2. The van der Waals surface area contributed by atoms with Crippen molar-refractivity contribution in [3.05, 3.63) is 34.9 Å². The summed E-state index contributed by atoms with van der Waals surface area (Å²) in [4.78, 5) is 13.3. The van der Waals surface area contributed by atoms with E-state index in [2.05, 4.69) is 5.32 Å². The molecule has 17 heavy (non-hydrogen) atoms. The number of carbonyl (C=O) groups excluding carboxylic acids is 1. The fraction of sp³-hybridized carbons (Fsp3) is 0.462. The Morgan fingerprint density at radius 2 is 1.76 bits per heavy atom. The van der Waals surface area contributed by atoms with Crippen LogP contribution in [0.25, 0.3) is 0 Å². The Morgan fingerprint density at radius 3 is 2.24 bits per heavy atom. The quantitative estimate of drug-likeness (QED) is 0.895. The van der Waals surface area contributed by atoms with Gasteiger partial charge in [0, 0.05) is 25.2 Å². The summed E-state index contributed by atoms with van der Waals surface area (Å²) >= 11 is 5.83. The van der Waals surface area contributed by atoms with E-state index in [0.717, 1.165) is 10.6 Å². The zero-order chi connectivity index (χ0) is 13.0. The van der Waals surface area contributed by atoms with Crippen LogP contribution in [0.5, 0.6) is 0 Å². The summed E-state index contributed by atoms with van der Waals surface area (Å²) in [6.45, 7) is 3.90. The molecule has 1 unspecified atom stereocenters. The third-order valence-corrected chi connectivity index (χ3v) is 2.93. The number of rotatable bonds is 4. The first-order valence-electron chi connectivity index (χ1n) is 5.64. The van der Waals surface area contributed by atoms with E-state index in [1.165, 1.54) is 0 Å². The maximum Gasteiger partial charge on any atom is 0.238 e. The molecule has 1 aromatic rings. The molecule has 0 saturated heterocycles. The smallest absolute Gasteiger partial charge is 0.238 e. The fourth-order valence-electron chi connectivity index (χ4n) is 1.68. The highest BCUT2D eigenvalue weighted by molar-refractivity contribution is 6.30. The van der Waals surface area contributed by atoms with Crippen molar-refractivity contribution in [1.29, 1.82) is 0 Å². The molecule has 0 saturated carbocycles. The Labute approximate surface area is 108 Å². The highest BCUT2D eigenvalue weighted by atomic mass is 35.5. The number of likely N-dealkylation sites (N-methyl/N-ethyl adjacent to an activating group) is 1. The zero-order valence-corrected chi connectivity index (χ0v) is 11.5. The molecule has 1 aromatic carbocycles. The highest BCUT2D eigenvalue weighted by Crippen LogP contribution is 2.16. The summed E-state index contributed by atoms with van der Waals surface area (Å²) in [6, 6.07) is 7.56. The minimum absolute atomic E-state index is 0.0748. The number of amides is 1. The van der Waals surface area contributed by atoms with Crippen LogP contribution in [0.1, 0.15) is 25.5 Å². The van der Waals surface area contributed by atoms with Gasteiger partial charge in [-0.2, -0.15) is 0 Å². The minimum Gasteiger partial charge on any atom is -0.347 e. The van der Waals surface area contributed by atoms with Crippen LogP contribution >= 0.6 is 11.6 Å². The lowest BCUT2D eigenvalue weighted by Crippen LogP contribution is -2.42. The molecule has 0 aliphatic rings. The molecule has 1 amide bonds. The lowest BCUT2D eigenvalue weighted by atomic mass is 10.1. The molecule has 0 aromatic heterocycles. The van der Waals surface area contributed by atoms with E-state index >= 15 is 0 Å². The molecule has 94 valence electrons. The third kappa shape index (κ3) is 4.02. The molecule has 0 bridgehead atoms. The van der Waals surface area contributed by atoms with Gasteiger partial charge >= 0.3 is 0 Å². The highest BCUT2D eigenvalue weighted by Gasteiger charge is 2.17. The van der Waals surface area contributed by atoms with Crippen molar-refractivity contribution in [1.82, 2.24) is 10.2 Å². The summed E-state index contributed by atoms with van der Waals surface area (Å²) in [7, 11) is 3.51. The number of hydrogen-bond acceptors (Lipinski definition) is 2. The third-order valence-electron chi connectivity index (χ3n) is 2.68. The van der Waals surface area contributed by atoms with Gasteiger partial charge in [0.25, 0.3) is 0 Å². The van der Waals surface area contributed by atoms with E-state index in [1.54, 1.807) is 19.0 Å². The van der Waals surface area contributed by atoms with Crippen molar-refractivity contribution in [2.75, 3.05) is 14.1 Å². The average molecular weight is 255 g/mol. The largest absolute Gasteiger partial charge is 0.347 e. The van der Waals surface area contributed by atoms with Gasteiger partial charge in [-0.25, -0.2) is 0 Å². The van der Waals surface area contributed by atoms with Crippen molar-refractivity contribution in [3.63, 3.8) is 0 Å². The average Bonchev–Trinajstić information content (AvgIpc) is 2.28. The van der Waals surface area contributed by atoms with Gasteiger partial charge in [0.2, 0.25) is 5.91 Å². The lowest BCUT2D eigenvalue weighted by molar-refractivity contribution is -0.130. The number of hydrogen-bond donors (Lipinski definition) is 1. The van der Waals surface area contributed by atoms with Gasteiger partial charge in [-0.1, -0.05) is 23.7 Å². The van der Waals surface area contributed by atoms with Crippen molar-refractivity contribution < 1.29 is 4.79 Å². The molecule has 4 heteroatoms. The molecular weight excluding hydrogens is 236 g/mol. The maximum atomic E-state index is 11.7. The molecule has 0 spiro atoms. The first-order chi connectivity index (χ1) is 7.91. The van der Waals surface area contributed by atoms with Crippen molar-refractivity contribution >= 4 is 17.5 Å². The van der Waals surface area contributed by atoms with E-state index in [1.807, 2.05) is 38.1 Å². The standard InChI is InChI=1S/C13H19ClN2O/c1-9(11-5-7-12(14)8-6-11)15-10(2)13(17)16(3)4/h5-10,15H,1-4H3/t9-,10?/m1/s1. The molecule has 1 rings (SSSR count). The predicted molar refractivity (Wildman–Crippen MR) is 71.2 cm³/mol. The Morgan fingerprint density at radius 1 is 1.24 bits per heavy atom. The van der Waals surface area contributed by atoms with E-state index in [-0.39, 0.29) is 18.0 Å². The molecule has 0 fully saturated rings. The minimum atomic E-state index is -0.198. The van der Waals surface area contributed by atoms with Gasteiger partial charge < -0.3 is 4.90 Å².